The third kappa shape index (κ3) is 7.33. The predicted octanol–water partition coefficient (Wildman–Crippen LogP) is 9.73. The molecule has 11 heteroatoms. The molecular weight excluding hydrogens is 473 g/mol. The fourth-order valence-electron chi connectivity index (χ4n) is 2.81. The van der Waals surface area contributed by atoms with Crippen LogP contribution in [-0.4, -0.2) is 0 Å². The summed E-state index contributed by atoms with van der Waals surface area (Å²) in [6.45, 7) is 5.99. The number of halogens is 11. The van der Waals surface area contributed by atoms with Gasteiger partial charge in [0.1, 0.15) is 11.6 Å². The molecule has 0 atom stereocenters. The van der Waals surface area contributed by atoms with Crippen molar-refractivity contribution < 1.29 is 48.3 Å². The standard InChI is InChI=1S/C11H10F6.C11H11F5/c1-5(2)7-3-6(11(15,16)17)4-8(9(7)12)10(13)14;1-5(2)7-3-6(10(13)14)4-8(9(7)12)11(15)16/h3-5,10H,1-2H3;3-5,10-11H,1-2H3. The van der Waals surface area contributed by atoms with Crippen molar-refractivity contribution in [2.45, 2.75) is 65.0 Å². The highest BCUT2D eigenvalue weighted by molar-refractivity contribution is 5.36. The van der Waals surface area contributed by atoms with Crippen molar-refractivity contribution in [3.8, 4) is 0 Å². The summed E-state index contributed by atoms with van der Waals surface area (Å²) >= 11 is 0. The van der Waals surface area contributed by atoms with Gasteiger partial charge in [-0.1, -0.05) is 27.7 Å². The zero-order valence-electron chi connectivity index (χ0n) is 17.9. The van der Waals surface area contributed by atoms with Crippen molar-refractivity contribution >= 4 is 0 Å². The monoisotopic (exact) mass is 494 g/mol. The van der Waals surface area contributed by atoms with E-state index in [1.807, 2.05) is 0 Å². The highest BCUT2D eigenvalue weighted by atomic mass is 19.4. The van der Waals surface area contributed by atoms with E-state index in [0.717, 1.165) is 6.07 Å². The first-order valence-corrected chi connectivity index (χ1v) is 9.57. The van der Waals surface area contributed by atoms with Crippen molar-refractivity contribution in [1.29, 1.82) is 0 Å². The van der Waals surface area contributed by atoms with Gasteiger partial charge in [0.2, 0.25) is 0 Å². The van der Waals surface area contributed by atoms with Gasteiger partial charge < -0.3 is 0 Å². The largest absolute Gasteiger partial charge is 0.416 e. The third-order valence-corrected chi connectivity index (χ3v) is 4.57. The second-order valence-electron chi connectivity index (χ2n) is 7.69. The molecule has 186 valence electrons. The summed E-state index contributed by atoms with van der Waals surface area (Å²) in [6.07, 6.45) is -14.0. The highest BCUT2D eigenvalue weighted by Gasteiger charge is 2.34. The topological polar surface area (TPSA) is 0 Å². The number of benzene rings is 2. The van der Waals surface area contributed by atoms with Crippen LogP contribution in [0.5, 0.6) is 0 Å². The van der Waals surface area contributed by atoms with Crippen LogP contribution in [0.4, 0.5) is 48.3 Å². The minimum atomic E-state index is -4.76. The summed E-state index contributed by atoms with van der Waals surface area (Å²) < 4.78 is 139. The molecule has 0 nitrogen and oxygen atoms in total. The van der Waals surface area contributed by atoms with E-state index in [-0.39, 0.29) is 17.2 Å². The van der Waals surface area contributed by atoms with Crippen LogP contribution in [0, 0.1) is 11.6 Å². The van der Waals surface area contributed by atoms with E-state index in [4.69, 9.17) is 0 Å². The molecule has 0 amide bonds. The molecule has 0 N–H and O–H groups in total. The molecule has 2 rings (SSSR count). The second-order valence-corrected chi connectivity index (χ2v) is 7.69. The van der Waals surface area contributed by atoms with E-state index in [9.17, 15) is 48.3 Å². The van der Waals surface area contributed by atoms with Gasteiger partial charge in [-0.25, -0.2) is 35.1 Å². The van der Waals surface area contributed by atoms with Crippen molar-refractivity contribution in [1.82, 2.24) is 0 Å². The fourth-order valence-corrected chi connectivity index (χ4v) is 2.81. The third-order valence-electron chi connectivity index (χ3n) is 4.57. The Morgan fingerprint density at radius 1 is 0.545 bits per heavy atom. The normalized spacial score (nSPS) is 12.2. The van der Waals surface area contributed by atoms with E-state index < -0.39 is 71.2 Å². The number of hydrogen-bond acceptors (Lipinski definition) is 0. The van der Waals surface area contributed by atoms with Gasteiger partial charge in [0, 0.05) is 5.56 Å². The second kappa shape index (κ2) is 11.2. The average Bonchev–Trinajstić information content (AvgIpc) is 2.66. The molecule has 0 saturated heterocycles. The molecule has 0 heterocycles. The maximum absolute atomic E-state index is 13.5. The molecule has 0 radical (unpaired) electrons. The zero-order chi connectivity index (χ0) is 25.8. The van der Waals surface area contributed by atoms with E-state index in [0.29, 0.717) is 12.1 Å². The Kier molecular flexibility index (Phi) is 9.74. The molecule has 0 spiro atoms. The van der Waals surface area contributed by atoms with E-state index in [1.54, 1.807) is 13.8 Å². The molecule has 0 aliphatic carbocycles. The van der Waals surface area contributed by atoms with Gasteiger partial charge >= 0.3 is 6.18 Å². The molecule has 33 heavy (non-hydrogen) atoms. The van der Waals surface area contributed by atoms with Gasteiger partial charge in [-0.15, -0.1) is 0 Å². The van der Waals surface area contributed by atoms with Crippen LogP contribution in [0.1, 0.15) is 92.2 Å². The van der Waals surface area contributed by atoms with Crippen LogP contribution in [0.15, 0.2) is 24.3 Å². The van der Waals surface area contributed by atoms with E-state index in [2.05, 4.69) is 0 Å². The van der Waals surface area contributed by atoms with Crippen LogP contribution in [-0.2, 0) is 6.18 Å². The molecule has 0 aromatic heterocycles. The Labute approximate surface area is 183 Å². The molecule has 0 aliphatic rings. The van der Waals surface area contributed by atoms with Crippen molar-refractivity contribution in [3.63, 3.8) is 0 Å². The van der Waals surface area contributed by atoms with Crippen LogP contribution < -0.4 is 0 Å². The smallest absolute Gasteiger partial charge is 0.206 e. The van der Waals surface area contributed by atoms with Gasteiger partial charge in [0.25, 0.3) is 19.3 Å². The lowest BCUT2D eigenvalue weighted by atomic mass is 9.96. The molecular formula is C22H21F11. The first kappa shape index (κ1) is 28.7. The van der Waals surface area contributed by atoms with Gasteiger partial charge in [0.15, 0.2) is 0 Å². The first-order valence-electron chi connectivity index (χ1n) is 9.57. The Morgan fingerprint density at radius 3 is 1.21 bits per heavy atom. The lowest BCUT2D eigenvalue weighted by Crippen LogP contribution is -2.10. The van der Waals surface area contributed by atoms with Crippen molar-refractivity contribution in [2.75, 3.05) is 0 Å². The molecule has 2 aromatic rings. The SMILES string of the molecule is CC(C)c1cc(C(F)(F)F)cc(C(F)F)c1F.CC(C)c1cc(C(F)F)cc(C(F)F)c1F. The van der Waals surface area contributed by atoms with Crippen molar-refractivity contribution in [2.24, 2.45) is 0 Å². The summed E-state index contributed by atoms with van der Waals surface area (Å²) in [7, 11) is 0. The summed E-state index contributed by atoms with van der Waals surface area (Å²) in [5.41, 5.74) is -4.44. The van der Waals surface area contributed by atoms with Gasteiger partial charge in [0.05, 0.1) is 16.7 Å². The summed E-state index contributed by atoms with van der Waals surface area (Å²) in [6, 6.07) is 2.20. The van der Waals surface area contributed by atoms with Gasteiger partial charge in [-0.2, -0.15) is 13.2 Å². The Morgan fingerprint density at radius 2 is 0.879 bits per heavy atom. The first-order chi connectivity index (χ1) is 15.0. The maximum atomic E-state index is 13.5. The fraction of sp³-hybridized carbons (Fsp3) is 0.455. The van der Waals surface area contributed by atoms with Crippen LogP contribution in [0.2, 0.25) is 0 Å². The quantitative estimate of drug-likeness (QED) is 0.363. The number of hydrogen-bond donors (Lipinski definition) is 0. The molecule has 0 unspecified atom stereocenters. The lowest BCUT2D eigenvalue weighted by Gasteiger charge is -2.15. The molecule has 2 aromatic carbocycles. The maximum Gasteiger partial charge on any atom is 0.416 e. The zero-order valence-corrected chi connectivity index (χ0v) is 17.9. The predicted molar refractivity (Wildman–Crippen MR) is 101 cm³/mol. The summed E-state index contributed by atoms with van der Waals surface area (Å²) in [5.74, 6) is -3.37. The Hall–Kier alpha value is -2.33. The van der Waals surface area contributed by atoms with Crippen LogP contribution >= 0.6 is 0 Å². The average molecular weight is 494 g/mol. The van der Waals surface area contributed by atoms with Crippen LogP contribution in [0.3, 0.4) is 0 Å². The van der Waals surface area contributed by atoms with Gasteiger partial charge in [-0.05, 0) is 47.2 Å². The summed E-state index contributed by atoms with van der Waals surface area (Å²) in [5, 5.41) is 0. The number of alkyl halides is 9. The van der Waals surface area contributed by atoms with Crippen LogP contribution in [0.25, 0.3) is 0 Å². The van der Waals surface area contributed by atoms with E-state index in [1.165, 1.54) is 13.8 Å². The minimum Gasteiger partial charge on any atom is -0.206 e. The molecule has 0 bridgehead atoms. The highest BCUT2D eigenvalue weighted by Crippen LogP contribution is 2.37. The Bertz CT molecular complexity index is 870. The summed E-state index contributed by atoms with van der Waals surface area (Å²) in [4.78, 5) is 0. The molecule has 0 fully saturated rings. The minimum absolute atomic E-state index is 0.104. The Balaban J connectivity index is 0.000000331. The molecule has 0 aliphatic heterocycles. The lowest BCUT2D eigenvalue weighted by molar-refractivity contribution is -0.137. The molecule has 0 saturated carbocycles. The van der Waals surface area contributed by atoms with Gasteiger partial charge in [-0.3, -0.25) is 0 Å². The number of rotatable bonds is 5. The van der Waals surface area contributed by atoms with E-state index >= 15 is 0 Å². The van der Waals surface area contributed by atoms with Crippen molar-refractivity contribution in [3.05, 3.63) is 69.3 Å².